The van der Waals surface area contributed by atoms with E-state index in [1.807, 2.05) is 52.0 Å². The molecule has 0 spiro atoms. The van der Waals surface area contributed by atoms with E-state index in [9.17, 15) is 19.5 Å². The van der Waals surface area contributed by atoms with E-state index < -0.39 is 29.1 Å². The number of amides is 3. The summed E-state index contributed by atoms with van der Waals surface area (Å²) < 4.78 is 0. The predicted molar refractivity (Wildman–Crippen MR) is 138 cm³/mol. The Labute approximate surface area is 215 Å². The van der Waals surface area contributed by atoms with Crippen molar-refractivity contribution in [1.29, 1.82) is 0 Å². The molecular formula is C26H33N5O4S. The van der Waals surface area contributed by atoms with Crippen molar-refractivity contribution in [2.24, 2.45) is 10.4 Å². The molecule has 9 nitrogen and oxygen atoms in total. The molecule has 3 N–H and O–H groups in total. The number of aliphatic hydroxyl groups excluding tert-OH is 1. The second-order valence-corrected chi connectivity index (χ2v) is 11.6. The summed E-state index contributed by atoms with van der Waals surface area (Å²) in [6.07, 6.45) is -0.508. The van der Waals surface area contributed by atoms with Gasteiger partial charge in [-0.1, -0.05) is 45.0 Å². The molecule has 3 heterocycles. The number of β-amino-alcohol motifs (C(OH)–C–C–N with tert-alkyl or cyclic N) is 1. The lowest BCUT2D eigenvalue weighted by Crippen LogP contribution is -2.57. The van der Waals surface area contributed by atoms with Crippen molar-refractivity contribution >= 4 is 34.9 Å². The number of carbonyl (C=O) groups is 3. The van der Waals surface area contributed by atoms with Gasteiger partial charge in [-0.2, -0.15) is 0 Å². The Morgan fingerprint density at radius 2 is 1.94 bits per heavy atom. The number of thiazole rings is 1. The Bertz CT molecular complexity index is 1220. The second kappa shape index (κ2) is 9.40. The lowest BCUT2D eigenvalue weighted by molar-refractivity contribution is -0.139. The molecule has 0 aliphatic carbocycles. The Morgan fingerprint density at radius 3 is 2.50 bits per heavy atom. The number of aromatic nitrogens is 1. The Hall–Kier alpha value is -3.11. The number of nitrogens with one attached hydrogen (secondary N) is 2. The molecule has 0 radical (unpaired) electrons. The summed E-state index contributed by atoms with van der Waals surface area (Å²) in [5.74, 6) is -0.558. The van der Waals surface area contributed by atoms with Gasteiger partial charge in [0.05, 0.1) is 28.2 Å². The van der Waals surface area contributed by atoms with Crippen LogP contribution in [0.2, 0.25) is 0 Å². The summed E-state index contributed by atoms with van der Waals surface area (Å²) in [6, 6.07) is 6.31. The van der Waals surface area contributed by atoms with E-state index in [-0.39, 0.29) is 30.7 Å². The normalized spacial score (nSPS) is 24.9. The molecule has 1 fully saturated rings. The quantitative estimate of drug-likeness (QED) is 0.569. The van der Waals surface area contributed by atoms with Crippen LogP contribution in [-0.4, -0.2) is 63.3 Å². The third-order valence-electron chi connectivity index (χ3n) is 6.82. The van der Waals surface area contributed by atoms with E-state index >= 15 is 0 Å². The monoisotopic (exact) mass is 511 g/mol. The minimum atomic E-state index is -1.17. The van der Waals surface area contributed by atoms with Gasteiger partial charge in [0, 0.05) is 19.9 Å². The van der Waals surface area contributed by atoms with Crippen molar-refractivity contribution in [2.45, 2.75) is 71.7 Å². The predicted octanol–water partition coefficient (Wildman–Crippen LogP) is 2.37. The van der Waals surface area contributed by atoms with Crippen molar-refractivity contribution in [3.05, 3.63) is 41.0 Å². The fourth-order valence-electron chi connectivity index (χ4n) is 4.77. The minimum absolute atomic E-state index is 0.101. The summed E-state index contributed by atoms with van der Waals surface area (Å²) >= 11 is 1.56. The molecule has 4 rings (SSSR count). The van der Waals surface area contributed by atoms with Gasteiger partial charge in [-0.3, -0.25) is 14.4 Å². The van der Waals surface area contributed by atoms with Crippen molar-refractivity contribution in [3.63, 3.8) is 0 Å². The highest BCUT2D eigenvalue weighted by Gasteiger charge is 2.48. The Balaban J connectivity index is 1.63. The lowest BCUT2D eigenvalue weighted by Gasteiger charge is -2.35. The van der Waals surface area contributed by atoms with Gasteiger partial charge in [-0.25, -0.2) is 9.98 Å². The van der Waals surface area contributed by atoms with Crippen LogP contribution in [0.4, 0.5) is 0 Å². The van der Waals surface area contributed by atoms with Crippen LogP contribution in [0.5, 0.6) is 0 Å². The van der Waals surface area contributed by atoms with Gasteiger partial charge in [0.15, 0.2) is 5.54 Å². The van der Waals surface area contributed by atoms with E-state index in [4.69, 9.17) is 4.99 Å². The third-order valence-corrected chi connectivity index (χ3v) is 7.80. The largest absolute Gasteiger partial charge is 0.391 e. The molecule has 1 aromatic carbocycles. The molecule has 2 aliphatic heterocycles. The molecule has 1 unspecified atom stereocenters. The molecule has 192 valence electrons. The zero-order chi connectivity index (χ0) is 26.4. The number of aliphatic imine (C=N–C) groups is 1. The summed E-state index contributed by atoms with van der Waals surface area (Å²) in [4.78, 5) is 50.2. The first-order valence-electron chi connectivity index (χ1n) is 12.0. The van der Waals surface area contributed by atoms with Gasteiger partial charge in [0.25, 0.3) is 5.91 Å². The van der Waals surface area contributed by atoms with E-state index in [0.29, 0.717) is 5.84 Å². The van der Waals surface area contributed by atoms with E-state index in [1.54, 1.807) is 23.8 Å². The second-order valence-electron chi connectivity index (χ2n) is 10.8. The highest BCUT2D eigenvalue weighted by atomic mass is 32.1. The highest BCUT2D eigenvalue weighted by Crippen LogP contribution is 2.35. The third kappa shape index (κ3) is 4.79. The molecule has 3 amide bonds. The summed E-state index contributed by atoms with van der Waals surface area (Å²) in [5, 5.41) is 16.1. The SMILES string of the molecule is CC(=O)NC(C(=O)N1C[C@H](O)C[C@H]1C1=N[C@](C)(c2ccc(-c3scnc3C)cc2)C(=O)N1)C(C)(C)C. The van der Waals surface area contributed by atoms with Gasteiger partial charge in [0.2, 0.25) is 11.8 Å². The molecule has 4 atom stereocenters. The Kier molecular flexibility index (Phi) is 6.78. The minimum Gasteiger partial charge on any atom is -0.391 e. The number of carbonyl (C=O) groups excluding carboxylic acids is 3. The molecule has 2 aromatic rings. The van der Waals surface area contributed by atoms with E-state index in [0.717, 1.165) is 21.7 Å². The molecule has 0 bridgehead atoms. The van der Waals surface area contributed by atoms with Crippen molar-refractivity contribution in [2.75, 3.05) is 6.54 Å². The number of benzene rings is 1. The number of hydrogen-bond acceptors (Lipinski definition) is 7. The van der Waals surface area contributed by atoms with Gasteiger partial charge >= 0.3 is 0 Å². The number of amidine groups is 1. The van der Waals surface area contributed by atoms with Crippen LogP contribution in [-0.2, 0) is 19.9 Å². The molecule has 36 heavy (non-hydrogen) atoms. The molecule has 10 heteroatoms. The highest BCUT2D eigenvalue weighted by molar-refractivity contribution is 7.13. The first kappa shape index (κ1) is 26.0. The number of nitrogens with zero attached hydrogens (tertiary/aromatic N) is 3. The molecule has 0 saturated carbocycles. The number of aryl methyl sites for hydroxylation is 1. The van der Waals surface area contributed by atoms with Crippen molar-refractivity contribution in [3.8, 4) is 10.4 Å². The maximum Gasteiger partial charge on any atom is 0.257 e. The number of hydrogen-bond donors (Lipinski definition) is 3. The van der Waals surface area contributed by atoms with Crippen LogP contribution >= 0.6 is 11.3 Å². The summed E-state index contributed by atoms with van der Waals surface area (Å²) in [5.41, 5.74) is 2.79. The number of rotatable bonds is 5. The first-order valence-corrected chi connectivity index (χ1v) is 12.9. The average molecular weight is 512 g/mol. The van der Waals surface area contributed by atoms with E-state index in [2.05, 4.69) is 15.6 Å². The number of likely N-dealkylation sites (tertiary alicyclic amines) is 1. The molecule has 2 aliphatic rings. The smallest absolute Gasteiger partial charge is 0.257 e. The van der Waals surface area contributed by atoms with Crippen LogP contribution in [0.3, 0.4) is 0 Å². The zero-order valence-electron chi connectivity index (χ0n) is 21.5. The molecule has 1 aromatic heterocycles. The summed E-state index contributed by atoms with van der Waals surface area (Å²) in [7, 11) is 0. The van der Waals surface area contributed by atoms with Crippen LogP contribution in [0, 0.1) is 12.3 Å². The van der Waals surface area contributed by atoms with Gasteiger partial charge in [0.1, 0.15) is 11.9 Å². The van der Waals surface area contributed by atoms with Crippen LogP contribution in [0.1, 0.15) is 52.3 Å². The van der Waals surface area contributed by atoms with Crippen LogP contribution < -0.4 is 10.6 Å². The standard InChI is InChI=1S/C26H33N5O4S/c1-14-20(36-13-27-14)16-7-9-17(10-8-16)26(6)24(35)29-22(30-26)19-11-18(33)12-31(19)23(34)21(25(3,4)5)28-15(2)32/h7-10,13,18-19,21,33H,11-12H2,1-6H3,(H,28,32)(H,29,30,35)/t18-,19+,21?,26-/m1/s1. The van der Waals surface area contributed by atoms with Crippen molar-refractivity contribution < 1.29 is 19.5 Å². The lowest BCUT2D eigenvalue weighted by atomic mass is 9.85. The van der Waals surface area contributed by atoms with Crippen LogP contribution in [0.25, 0.3) is 10.4 Å². The van der Waals surface area contributed by atoms with Crippen molar-refractivity contribution in [1.82, 2.24) is 20.5 Å². The molecular weight excluding hydrogens is 478 g/mol. The molecule has 1 saturated heterocycles. The van der Waals surface area contributed by atoms with Crippen LogP contribution in [0.15, 0.2) is 34.8 Å². The van der Waals surface area contributed by atoms with E-state index in [1.165, 1.54) is 11.8 Å². The maximum atomic E-state index is 13.6. The fourth-order valence-corrected chi connectivity index (χ4v) is 5.58. The fraction of sp³-hybridized carbons (Fsp3) is 0.500. The van der Waals surface area contributed by atoms with Gasteiger partial charge < -0.3 is 20.6 Å². The summed E-state index contributed by atoms with van der Waals surface area (Å²) in [6.45, 7) is 10.8. The average Bonchev–Trinajstić information content (AvgIpc) is 3.48. The van der Waals surface area contributed by atoms with Gasteiger partial charge in [-0.15, -0.1) is 11.3 Å². The Morgan fingerprint density at radius 1 is 1.28 bits per heavy atom. The maximum absolute atomic E-state index is 13.6. The first-order chi connectivity index (χ1) is 16.8. The zero-order valence-corrected chi connectivity index (χ0v) is 22.3. The number of aliphatic hydroxyl groups is 1. The topological polar surface area (TPSA) is 124 Å². The van der Waals surface area contributed by atoms with Gasteiger partial charge in [-0.05, 0) is 30.4 Å².